The number of pyridine rings is 1. The minimum Gasteiger partial charge on any atom is -0.350 e. The molecule has 0 saturated heterocycles. The number of carbonyl (C=O) groups excluding carboxylic acids is 1. The van der Waals surface area contributed by atoms with Crippen molar-refractivity contribution in [3.63, 3.8) is 0 Å². The molecule has 0 spiro atoms. The standard InChI is InChI=1S/C21H25N3O/c1-2-17-12-24-18(4-3-5-19(24)23-17)20(25)22-13-21-9-14-6-15(10-21)8-16(7-14)11-21/h2-5,12,14-16H,1,6-11,13H2,(H,22,25). The van der Waals surface area contributed by atoms with E-state index in [1.165, 1.54) is 38.5 Å². The predicted octanol–water partition coefficient (Wildman–Crippen LogP) is 3.92. The van der Waals surface area contributed by atoms with Gasteiger partial charge in [-0.25, -0.2) is 4.98 Å². The van der Waals surface area contributed by atoms with Gasteiger partial charge < -0.3 is 5.32 Å². The van der Waals surface area contributed by atoms with Crippen LogP contribution in [0.1, 0.15) is 54.7 Å². The van der Waals surface area contributed by atoms with E-state index in [0.29, 0.717) is 11.1 Å². The van der Waals surface area contributed by atoms with E-state index >= 15 is 0 Å². The van der Waals surface area contributed by atoms with E-state index in [9.17, 15) is 4.79 Å². The van der Waals surface area contributed by atoms with Crippen molar-refractivity contribution in [3.8, 4) is 0 Å². The minimum atomic E-state index is 0.00866. The number of nitrogens with zero attached hydrogens (tertiary/aromatic N) is 2. The van der Waals surface area contributed by atoms with Crippen LogP contribution < -0.4 is 5.32 Å². The second-order valence-corrected chi connectivity index (χ2v) is 8.61. The summed E-state index contributed by atoms with van der Waals surface area (Å²) in [7, 11) is 0. The Kier molecular flexibility index (Phi) is 3.31. The first-order valence-electron chi connectivity index (χ1n) is 9.53. The van der Waals surface area contributed by atoms with Gasteiger partial charge in [0.1, 0.15) is 11.3 Å². The summed E-state index contributed by atoms with van der Waals surface area (Å²) in [5, 5.41) is 3.26. The molecule has 4 heteroatoms. The lowest BCUT2D eigenvalue weighted by molar-refractivity contribution is -0.0503. The zero-order valence-corrected chi connectivity index (χ0v) is 14.6. The summed E-state index contributed by atoms with van der Waals surface area (Å²) >= 11 is 0. The van der Waals surface area contributed by atoms with Crippen LogP contribution in [0, 0.1) is 23.2 Å². The normalized spacial score (nSPS) is 32.9. The number of imidazole rings is 1. The summed E-state index contributed by atoms with van der Waals surface area (Å²) in [6.45, 7) is 4.59. The van der Waals surface area contributed by atoms with Crippen LogP contribution in [0.2, 0.25) is 0 Å². The van der Waals surface area contributed by atoms with Crippen LogP contribution in [0.5, 0.6) is 0 Å². The minimum absolute atomic E-state index is 0.00866. The van der Waals surface area contributed by atoms with Crippen molar-refractivity contribution in [2.24, 2.45) is 23.2 Å². The fraction of sp³-hybridized carbons (Fsp3) is 0.524. The van der Waals surface area contributed by atoms with Crippen molar-refractivity contribution < 1.29 is 4.79 Å². The number of carbonyl (C=O) groups is 1. The second-order valence-electron chi connectivity index (χ2n) is 8.61. The van der Waals surface area contributed by atoms with E-state index in [1.54, 1.807) is 6.08 Å². The van der Waals surface area contributed by atoms with E-state index in [4.69, 9.17) is 0 Å². The van der Waals surface area contributed by atoms with Gasteiger partial charge in [-0.2, -0.15) is 0 Å². The second kappa shape index (κ2) is 5.45. The van der Waals surface area contributed by atoms with Gasteiger partial charge in [-0.15, -0.1) is 0 Å². The molecule has 130 valence electrons. The van der Waals surface area contributed by atoms with Crippen LogP contribution >= 0.6 is 0 Å². The predicted molar refractivity (Wildman–Crippen MR) is 98.2 cm³/mol. The largest absolute Gasteiger partial charge is 0.350 e. The number of hydrogen-bond donors (Lipinski definition) is 1. The van der Waals surface area contributed by atoms with Crippen molar-refractivity contribution in [1.82, 2.24) is 14.7 Å². The molecule has 2 heterocycles. The van der Waals surface area contributed by atoms with Crippen molar-refractivity contribution in [2.75, 3.05) is 6.54 Å². The molecule has 0 aliphatic heterocycles. The van der Waals surface area contributed by atoms with Crippen LogP contribution in [0.4, 0.5) is 0 Å². The van der Waals surface area contributed by atoms with E-state index in [0.717, 1.165) is 35.6 Å². The first kappa shape index (κ1) is 15.2. The Morgan fingerprint density at radius 3 is 2.56 bits per heavy atom. The van der Waals surface area contributed by atoms with Gasteiger partial charge in [-0.3, -0.25) is 9.20 Å². The maximum absolute atomic E-state index is 12.9. The number of hydrogen-bond acceptors (Lipinski definition) is 2. The molecule has 4 saturated carbocycles. The van der Waals surface area contributed by atoms with Crippen LogP contribution in [0.25, 0.3) is 11.7 Å². The molecule has 4 bridgehead atoms. The number of rotatable bonds is 4. The SMILES string of the molecule is C=Cc1cn2c(C(=O)NCC34CC5CC(CC(C5)C3)C4)cccc2n1. The topological polar surface area (TPSA) is 46.4 Å². The van der Waals surface area contributed by atoms with Crippen molar-refractivity contribution >= 4 is 17.6 Å². The van der Waals surface area contributed by atoms with Gasteiger partial charge in [0.15, 0.2) is 0 Å². The highest BCUT2D eigenvalue weighted by atomic mass is 16.1. The molecular weight excluding hydrogens is 310 g/mol. The fourth-order valence-corrected chi connectivity index (χ4v) is 6.18. The van der Waals surface area contributed by atoms with Gasteiger partial charge in [-0.1, -0.05) is 12.6 Å². The molecule has 4 fully saturated rings. The molecule has 2 aromatic heterocycles. The molecule has 0 aromatic carbocycles. The lowest BCUT2D eigenvalue weighted by atomic mass is 9.49. The molecule has 0 atom stereocenters. The lowest BCUT2D eigenvalue weighted by Crippen LogP contribution is -2.51. The Bertz CT molecular complexity index is 815. The van der Waals surface area contributed by atoms with Gasteiger partial charge in [0, 0.05) is 12.7 Å². The molecule has 25 heavy (non-hydrogen) atoms. The summed E-state index contributed by atoms with van der Waals surface area (Å²) in [4.78, 5) is 17.3. The third-order valence-electron chi connectivity index (χ3n) is 6.74. The van der Waals surface area contributed by atoms with E-state index < -0.39 is 0 Å². The molecule has 1 amide bonds. The zero-order chi connectivity index (χ0) is 17.0. The average molecular weight is 335 g/mol. The summed E-state index contributed by atoms with van der Waals surface area (Å²) in [5.74, 6) is 2.75. The van der Waals surface area contributed by atoms with Crippen molar-refractivity contribution in [1.29, 1.82) is 0 Å². The van der Waals surface area contributed by atoms with Gasteiger partial charge in [0.2, 0.25) is 0 Å². The van der Waals surface area contributed by atoms with E-state index in [1.807, 2.05) is 28.8 Å². The molecule has 1 N–H and O–H groups in total. The number of amides is 1. The van der Waals surface area contributed by atoms with Crippen LogP contribution in [0.3, 0.4) is 0 Å². The van der Waals surface area contributed by atoms with Crippen molar-refractivity contribution in [3.05, 3.63) is 42.4 Å². The van der Waals surface area contributed by atoms with Crippen LogP contribution in [-0.4, -0.2) is 21.8 Å². The Morgan fingerprint density at radius 2 is 1.92 bits per heavy atom. The molecule has 0 unspecified atom stereocenters. The molecule has 0 radical (unpaired) electrons. The number of nitrogens with one attached hydrogen (secondary N) is 1. The number of aromatic nitrogens is 2. The molecule has 4 aliphatic carbocycles. The molecule has 6 rings (SSSR count). The number of fused-ring (bicyclic) bond motifs is 1. The Morgan fingerprint density at radius 1 is 1.24 bits per heavy atom. The van der Waals surface area contributed by atoms with Crippen LogP contribution in [0.15, 0.2) is 31.0 Å². The van der Waals surface area contributed by atoms with Gasteiger partial charge in [-0.05, 0) is 79.9 Å². The summed E-state index contributed by atoms with van der Waals surface area (Å²) in [6.07, 6.45) is 11.8. The van der Waals surface area contributed by atoms with Crippen LogP contribution in [-0.2, 0) is 0 Å². The van der Waals surface area contributed by atoms with Gasteiger partial charge in [0.05, 0.1) is 5.69 Å². The first-order valence-corrected chi connectivity index (χ1v) is 9.53. The summed E-state index contributed by atoms with van der Waals surface area (Å²) in [6, 6.07) is 5.69. The fourth-order valence-electron chi connectivity index (χ4n) is 6.18. The molecule has 4 nitrogen and oxygen atoms in total. The first-order chi connectivity index (χ1) is 12.1. The maximum Gasteiger partial charge on any atom is 0.268 e. The summed E-state index contributed by atoms with van der Waals surface area (Å²) in [5.41, 5.74) is 2.60. The zero-order valence-electron chi connectivity index (χ0n) is 14.6. The third kappa shape index (κ3) is 2.50. The monoisotopic (exact) mass is 335 g/mol. The highest BCUT2D eigenvalue weighted by molar-refractivity contribution is 5.93. The van der Waals surface area contributed by atoms with Crippen molar-refractivity contribution in [2.45, 2.75) is 38.5 Å². The Hall–Kier alpha value is -2.10. The maximum atomic E-state index is 12.9. The highest BCUT2D eigenvalue weighted by Crippen LogP contribution is 2.59. The molecular formula is C21H25N3O. The van der Waals surface area contributed by atoms with E-state index in [2.05, 4.69) is 16.9 Å². The lowest BCUT2D eigenvalue weighted by Gasteiger charge is -2.56. The third-order valence-corrected chi connectivity index (χ3v) is 6.74. The van der Waals surface area contributed by atoms with E-state index in [-0.39, 0.29) is 5.91 Å². The Balaban J connectivity index is 1.36. The smallest absolute Gasteiger partial charge is 0.268 e. The summed E-state index contributed by atoms with van der Waals surface area (Å²) < 4.78 is 1.87. The average Bonchev–Trinajstić information content (AvgIpc) is 3.02. The highest BCUT2D eigenvalue weighted by Gasteiger charge is 2.50. The van der Waals surface area contributed by atoms with Gasteiger partial charge in [0.25, 0.3) is 5.91 Å². The Labute approximate surface area is 148 Å². The quantitative estimate of drug-likeness (QED) is 0.920. The van der Waals surface area contributed by atoms with Gasteiger partial charge >= 0.3 is 0 Å². The molecule has 4 aliphatic rings. The molecule has 2 aromatic rings.